The number of ether oxygens (including phenoxy) is 1. The van der Waals surface area contributed by atoms with Crippen LogP contribution in [-0.4, -0.2) is 23.7 Å². The second-order valence-electron chi connectivity index (χ2n) is 3.94. The number of nitrogens with one attached hydrogen (secondary N) is 1. The standard InChI is InChI=1S/C14H11Br2N3O2/c15-11-3-4-13(12(16)6-11)21-9-14(20)19-18-8-10-2-1-5-17-7-10/h1-8H,9H2,(H,19,20)/b18-8+. The summed E-state index contributed by atoms with van der Waals surface area (Å²) in [5.74, 6) is 0.245. The molecule has 0 bridgehead atoms. The molecule has 1 heterocycles. The molecule has 2 aromatic rings. The summed E-state index contributed by atoms with van der Waals surface area (Å²) in [6.45, 7) is -0.120. The summed E-state index contributed by atoms with van der Waals surface area (Å²) in [5.41, 5.74) is 3.19. The zero-order chi connectivity index (χ0) is 15.1. The van der Waals surface area contributed by atoms with Crippen LogP contribution >= 0.6 is 31.9 Å². The lowest BCUT2D eigenvalue weighted by molar-refractivity contribution is -0.123. The highest BCUT2D eigenvalue weighted by molar-refractivity contribution is 9.11. The fraction of sp³-hybridized carbons (Fsp3) is 0.0714. The minimum Gasteiger partial charge on any atom is -0.483 e. The Kier molecular flexibility index (Phi) is 5.89. The number of hydrogen-bond donors (Lipinski definition) is 1. The molecule has 21 heavy (non-hydrogen) atoms. The second-order valence-corrected chi connectivity index (χ2v) is 5.71. The molecule has 0 aliphatic rings. The molecule has 5 nitrogen and oxygen atoms in total. The molecule has 108 valence electrons. The second kappa shape index (κ2) is 7.90. The third kappa shape index (κ3) is 5.28. The van der Waals surface area contributed by atoms with Gasteiger partial charge in [0.15, 0.2) is 6.61 Å². The molecule has 0 saturated carbocycles. The van der Waals surface area contributed by atoms with Crippen molar-refractivity contribution < 1.29 is 9.53 Å². The Labute approximate surface area is 138 Å². The van der Waals surface area contributed by atoms with E-state index >= 15 is 0 Å². The lowest BCUT2D eigenvalue weighted by Crippen LogP contribution is -2.24. The molecule has 0 atom stereocenters. The summed E-state index contributed by atoms with van der Waals surface area (Å²) in [7, 11) is 0. The summed E-state index contributed by atoms with van der Waals surface area (Å²) < 4.78 is 7.08. The third-order valence-corrected chi connectivity index (χ3v) is 3.45. The van der Waals surface area contributed by atoms with Gasteiger partial charge in [-0.1, -0.05) is 22.0 Å². The first-order chi connectivity index (χ1) is 10.1. The Balaban J connectivity index is 1.81. The molecule has 1 amide bonds. The van der Waals surface area contributed by atoms with Crippen LogP contribution in [0.25, 0.3) is 0 Å². The summed E-state index contributed by atoms with van der Waals surface area (Å²) in [6, 6.07) is 9.06. The summed E-state index contributed by atoms with van der Waals surface area (Å²) in [4.78, 5) is 15.5. The Morgan fingerprint density at radius 1 is 1.38 bits per heavy atom. The fourth-order valence-corrected chi connectivity index (χ4v) is 2.56. The summed E-state index contributed by atoms with van der Waals surface area (Å²) >= 11 is 6.70. The van der Waals surface area contributed by atoms with E-state index in [1.807, 2.05) is 18.2 Å². The molecule has 0 unspecified atom stereocenters. The number of rotatable bonds is 5. The molecule has 0 aliphatic heterocycles. The van der Waals surface area contributed by atoms with E-state index in [2.05, 4.69) is 47.4 Å². The first-order valence-electron chi connectivity index (χ1n) is 5.95. The molecule has 0 spiro atoms. The first-order valence-corrected chi connectivity index (χ1v) is 7.53. The van der Waals surface area contributed by atoms with Crippen LogP contribution in [0.1, 0.15) is 5.56 Å². The van der Waals surface area contributed by atoms with Crippen molar-refractivity contribution in [1.29, 1.82) is 0 Å². The van der Waals surface area contributed by atoms with Crippen LogP contribution in [0.5, 0.6) is 5.75 Å². The minimum absolute atomic E-state index is 0.120. The van der Waals surface area contributed by atoms with Crippen LogP contribution < -0.4 is 10.2 Å². The number of carbonyl (C=O) groups is 1. The molecule has 0 saturated heterocycles. The zero-order valence-corrected chi connectivity index (χ0v) is 14.0. The van der Waals surface area contributed by atoms with E-state index in [1.54, 1.807) is 24.5 Å². The van der Waals surface area contributed by atoms with Crippen LogP contribution in [0, 0.1) is 0 Å². The van der Waals surface area contributed by atoms with Crippen LogP contribution in [0.15, 0.2) is 56.8 Å². The van der Waals surface area contributed by atoms with Gasteiger partial charge in [-0.05, 0) is 40.2 Å². The molecule has 0 fully saturated rings. The van der Waals surface area contributed by atoms with E-state index in [4.69, 9.17) is 4.74 Å². The minimum atomic E-state index is -0.343. The quantitative estimate of drug-likeness (QED) is 0.606. The molecule has 7 heteroatoms. The van der Waals surface area contributed by atoms with Crippen molar-refractivity contribution >= 4 is 44.0 Å². The Morgan fingerprint density at radius 3 is 2.95 bits per heavy atom. The predicted octanol–water partition coefficient (Wildman–Crippen LogP) is 3.14. The lowest BCUT2D eigenvalue weighted by Gasteiger charge is -2.07. The summed E-state index contributed by atoms with van der Waals surface area (Å²) in [5, 5.41) is 3.83. The van der Waals surface area contributed by atoms with Crippen molar-refractivity contribution in [2.24, 2.45) is 5.10 Å². The van der Waals surface area contributed by atoms with Gasteiger partial charge in [0.2, 0.25) is 0 Å². The van der Waals surface area contributed by atoms with Crippen molar-refractivity contribution in [3.05, 3.63) is 57.2 Å². The number of hydrazone groups is 1. The van der Waals surface area contributed by atoms with E-state index in [0.717, 1.165) is 14.5 Å². The first kappa shape index (κ1) is 15.7. The Hall–Kier alpha value is -1.73. The molecule has 1 aromatic heterocycles. The van der Waals surface area contributed by atoms with Crippen molar-refractivity contribution in [3.63, 3.8) is 0 Å². The van der Waals surface area contributed by atoms with E-state index < -0.39 is 0 Å². The Bertz CT molecular complexity index is 648. The van der Waals surface area contributed by atoms with E-state index in [1.165, 1.54) is 6.21 Å². The Morgan fingerprint density at radius 2 is 2.24 bits per heavy atom. The van der Waals surface area contributed by atoms with Gasteiger partial charge < -0.3 is 4.74 Å². The van der Waals surface area contributed by atoms with Gasteiger partial charge in [0.25, 0.3) is 5.91 Å². The number of benzene rings is 1. The topological polar surface area (TPSA) is 63.6 Å². The van der Waals surface area contributed by atoms with E-state index in [0.29, 0.717) is 5.75 Å². The average molecular weight is 413 g/mol. The van der Waals surface area contributed by atoms with Crippen molar-refractivity contribution in [2.75, 3.05) is 6.61 Å². The van der Waals surface area contributed by atoms with Gasteiger partial charge in [-0.3, -0.25) is 9.78 Å². The van der Waals surface area contributed by atoms with Crippen molar-refractivity contribution in [3.8, 4) is 5.75 Å². The maximum absolute atomic E-state index is 11.6. The van der Waals surface area contributed by atoms with Gasteiger partial charge in [-0.25, -0.2) is 5.43 Å². The largest absolute Gasteiger partial charge is 0.483 e. The van der Waals surface area contributed by atoms with Gasteiger partial charge in [0, 0.05) is 22.4 Å². The van der Waals surface area contributed by atoms with Gasteiger partial charge in [0.1, 0.15) is 5.75 Å². The molecule has 0 aliphatic carbocycles. The van der Waals surface area contributed by atoms with Crippen LogP contribution in [0.4, 0.5) is 0 Å². The smallest absolute Gasteiger partial charge is 0.277 e. The highest BCUT2D eigenvalue weighted by atomic mass is 79.9. The predicted molar refractivity (Wildman–Crippen MR) is 87.3 cm³/mol. The van der Waals surface area contributed by atoms with Crippen molar-refractivity contribution in [2.45, 2.75) is 0 Å². The zero-order valence-electron chi connectivity index (χ0n) is 10.8. The number of halogens is 2. The van der Waals surface area contributed by atoms with Crippen LogP contribution in [0.2, 0.25) is 0 Å². The average Bonchev–Trinajstić information content (AvgIpc) is 2.47. The molecule has 2 rings (SSSR count). The maximum atomic E-state index is 11.6. The number of pyridine rings is 1. The molecule has 1 aromatic carbocycles. The van der Waals surface area contributed by atoms with Gasteiger partial charge in [-0.2, -0.15) is 5.10 Å². The third-order valence-electron chi connectivity index (χ3n) is 2.34. The normalized spacial score (nSPS) is 10.6. The summed E-state index contributed by atoms with van der Waals surface area (Å²) in [6.07, 6.45) is 4.82. The van der Waals surface area contributed by atoms with Gasteiger partial charge >= 0.3 is 0 Å². The highest BCUT2D eigenvalue weighted by Crippen LogP contribution is 2.27. The SMILES string of the molecule is O=C(COc1ccc(Br)cc1Br)N/N=C/c1cccnc1. The molecule has 0 radical (unpaired) electrons. The number of hydrogen-bond acceptors (Lipinski definition) is 4. The number of nitrogens with zero attached hydrogens (tertiary/aromatic N) is 2. The fourth-order valence-electron chi connectivity index (χ4n) is 1.40. The van der Waals surface area contributed by atoms with E-state index in [9.17, 15) is 4.79 Å². The monoisotopic (exact) mass is 411 g/mol. The number of carbonyl (C=O) groups excluding carboxylic acids is 1. The number of aromatic nitrogens is 1. The molecular weight excluding hydrogens is 402 g/mol. The molecule has 1 N–H and O–H groups in total. The van der Waals surface area contributed by atoms with E-state index in [-0.39, 0.29) is 12.5 Å². The van der Waals surface area contributed by atoms with Gasteiger partial charge in [0.05, 0.1) is 10.7 Å². The van der Waals surface area contributed by atoms with Crippen LogP contribution in [0.3, 0.4) is 0 Å². The van der Waals surface area contributed by atoms with Crippen LogP contribution in [-0.2, 0) is 4.79 Å². The van der Waals surface area contributed by atoms with Crippen molar-refractivity contribution in [1.82, 2.24) is 10.4 Å². The lowest BCUT2D eigenvalue weighted by atomic mass is 10.3. The highest BCUT2D eigenvalue weighted by Gasteiger charge is 2.05. The van der Waals surface area contributed by atoms with Gasteiger partial charge in [-0.15, -0.1) is 0 Å². The maximum Gasteiger partial charge on any atom is 0.277 e. The number of amides is 1. The molecular formula is C14H11Br2N3O2.